The van der Waals surface area contributed by atoms with Gasteiger partial charge in [0.1, 0.15) is 23.2 Å². The molecule has 0 radical (unpaired) electrons. The summed E-state index contributed by atoms with van der Waals surface area (Å²) in [7, 11) is 0. The molecule has 0 atom stereocenters. The predicted octanol–water partition coefficient (Wildman–Crippen LogP) is 4.59. The van der Waals surface area contributed by atoms with Crippen molar-refractivity contribution in [2.75, 3.05) is 23.7 Å². The summed E-state index contributed by atoms with van der Waals surface area (Å²) < 4.78 is 55.9. The number of hydrogen-bond acceptors (Lipinski definition) is 6. The minimum atomic E-state index is -2.58. The maximum atomic E-state index is 13.9. The molecule has 3 aromatic heterocycles. The quantitative estimate of drug-likeness (QED) is 0.380. The van der Waals surface area contributed by atoms with E-state index in [0.717, 1.165) is 29.8 Å². The number of rotatable bonds is 5. The molecule has 2 aliphatic rings. The number of nitrogen functional groups attached to an aromatic ring is 1. The fourth-order valence-corrected chi connectivity index (χ4v) is 5.44. The number of hydrogen-bond donors (Lipinski definition) is 2. The topological polar surface area (TPSA) is 102 Å². The molecule has 12 heteroatoms. The molecule has 0 spiro atoms. The van der Waals surface area contributed by atoms with Crippen LogP contribution in [0.1, 0.15) is 53.9 Å². The van der Waals surface area contributed by atoms with Crippen molar-refractivity contribution < 1.29 is 17.6 Å². The fourth-order valence-electron chi connectivity index (χ4n) is 5.44. The van der Waals surface area contributed by atoms with Gasteiger partial charge in [0.25, 0.3) is 6.43 Å². The number of alkyl halides is 2. The van der Waals surface area contributed by atoms with Gasteiger partial charge in [0, 0.05) is 37.4 Å². The number of nitrogens with one attached hydrogen (secondary N) is 1. The maximum Gasteiger partial charge on any atom is 0.279 e. The van der Waals surface area contributed by atoms with Crippen LogP contribution in [0.4, 0.5) is 29.3 Å². The molecule has 6 rings (SSSR count). The molecule has 4 aromatic rings. The highest BCUT2D eigenvalue weighted by Crippen LogP contribution is 2.39. The van der Waals surface area contributed by atoms with Crippen molar-refractivity contribution >= 4 is 11.8 Å². The Labute approximate surface area is 209 Å². The van der Waals surface area contributed by atoms with Crippen molar-refractivity contribution in [1.82, 2.24) is 29.5 Å². The van der Waals surface area contributed by atoms with Crippen molar-refractivity contribution in [3.63, 3.8) is 0 Å². The third-order valence-corrected chi connectivity index (χ3v) is 7.28. The van der Waals surface area contributed by atoms with Gasteiger partial charge in [0.15, 0.2) is 11.6 Å². The summed E-state index contributed by atoms with van der Waals surface area (Å²) in [6, 6.07) is 2.43. The van der Waals surface area contributed by atoms with Gasteiger partial charge in [-0.05, 0) is 48.9 Å². The Morgan fingerprint density at radius 1 is 0.892 bits per heavy atom. The van der Waals surface area contributed by atoms with Crippen LogP contribution < -0.4 is 10.6 Å². The van der Waals surface area contributed by atoms with Crippen LogP contribution in [-0.2, 0) is 12.8 Å². The molecule has 1 fully saturated rings. The number of nitrogens with two attached hydrogens (primary N) is 1. The maximum absolute atomic E-state index is 13.9. The number of aromatic nitrogens is 6. The number of fused-ring (bicyclic) bond motifs is 1. The summed E-state index contributed by atoms with van der Waals surface area (Å²) in [6.07, 6.45) is 6.13. The van der Waals surface area contributed by atoms with E-state index in [4.69, 9.17) is 5.73 Å². The van der Waals surface area contributed by atoms with E-state index in [0.29, 0.717) is 43.1 Å². The molecule has 4 heterocycles. The molecule has 3 N–H and O–H groups in total. The molecule has 0 bridgehead atoms. The van der Waals surface area contributed by atoms with Gasteiger partial charge in [-0.2, -0.15) is 0 Å². The second-order valence-corrected chi connectivity index (χ2v) is 9.52. The Hall–Kier alpha value is -3.96. The minimum Gasteiger partial charge on any atom is -0.368 e. The van der Waals surface area contributed by atoms with Crippen LogP contribution in [0.25, 0.3) is 11.4 Å². The van der Waals surface area contributed by atoms with Crippen molar-refractivity contribution in [3.8, 4) is 11.4 Å². The predicted molar refractivity (Wildman–Crippen MR) is 128 cm³/mol. The lowest BCUT2D eigenvalue weighted by Gasteiger charge is -2.34. The number of piperidine rings is 1. The molecule has 8 nitrogen and oxygen atoms in total. The van der Waals surface area contributed by atoms with E-state index in [1.165, 1.54) is 18.3 Å². The first-order valence-corrected chi connectivity index (χ1v) is 12.1. The first-order chi connectivity index (χ1) is 17.9. The summed E-state index contributed by atoms with van der Waals surface area (Å²) in [6.45, 7) is 1.34. The van der Waals surface area contributed by atoms with E-state index in [2.05, 4.69) is 34.4 Å². The molecule has 1 aromatic carbocycles. The van der Waals surface area contributed by atoms with Gasteiger partial charge in [-0.15, -0.1) is 0 Å². The summed E-state index contributed by atoms with van der Waals surface area (Å²) in [5, 5.41) is 0. The van der Waals surface area contributed by atoms with Crippen LogP contribution in [0.5, 0.6) is 0 Å². The van der Waals surface area contributed by atoms with E-state index in [-0.39, 0.29) is 23.6 Å². The highest BCUT2D eigenvalue weighted by atomic mass is 19.3. The number of nitrogens with zero attached hydrogens (tertiary/aromatic N) is 6. The van der Waals surface area contributed by atoms with E-state index in [1.54, 1.807) is 18.6 Å². The molecule has 0 amide bonds. The second-order valence-electron chi connectivity index (χ2n) is 9.52. The highest BCUT2D eigenvalue weighted by Gasteiger charge is 2.32. The lowest BCUT2D eigenvalue weighted by atomic mass is 9.96. The average molecular weight is 513 g/mol. The Balaban J connectivity index is 1.30. The van der Waals surface area contributed by atoms with Crippen LogP contribution in [0.2, 0.25) is 0 Å². The third kappa shape index (κ3) is 4.30. The van der Waals surface area contributed by atoms with Crippen LogP contribution in [0.15, 0.2) is 36.9 Å². The van der Waals surface area contributed by atoms with E-state index >= 15 is 0 Å². The number of H-pyrrole nitrogens is 1. The molecular formula is C25H24F4N8. The van der Waals surface area contributed by atoms with Crippen LogP contribution >= 0.6 is 0 Å². The van der Waals surface area contributed by atoms with Crippen molar-refractivity contribution in [1.29, 1.82) is 0 Å². The Bertz CT molecular complexity index is 1390. The molecule has 192 valence electrons. The summed E-state index contributed by atoms with van der Waals surface area (Å²) >= 11 is 0. The Morgan fingerprint density at radius 3 is 2.14 bits per heavy atom. The first-order valence-electron chi connectivity index (χ1n) is 12.1. The minimum absolute atomic E-state index is 0.0479. The smallest absolute Gasteiger partial charge is 0.279 e. The molecule has 37 heavy (non-hydrogen) atoms. The third-order valence-electron chi connectivity index (χ3n) is 7.28. The summed E-state index contributed by atoms with van der Waals surface area (Å²) in [4.78, 5) is 22.0. The van der Waals surface area contributed by atoms with Crippen LogP contribution in [-0.4, -0.2) is 42.6 Å². The van der Waals surface area contributed by atoms with Crippen molar-refractivity contribution in [2.45, 2.75) is 44.1 Å². The summed E-state index contributed by atoms with van der Waals surface area (Å²) in [5.74, 6) is 0.585. The largest absolute Gasteiger partial charge is 0.368 e. The van der Waals surface area contributed by atoms with Crippen molar-refractivity contribution in [3.05, 3.63) is 71.2 Å². The molecule has 0 saturated carbocycles. The number of anilines is 2. The monoisotopic (exact) mass is 512 g/mol. The molecular weight excluding hydrogens is 488 g/mol. The Morgan fingerprint density at radius 2 is 1.54 bits per heavy atom. The number of halogens is 4. The average Bonchev–Trinajstić information content (AvgIpc) is 3.63. The molecule has 1 aliphatic heterocycles. The number of imidazole rings is 2. The zero-order valence-electron chi connectivity index (χ0n) is 19.7. The van der Waals surface area contributed by atoms with Crippen LogP contribution in [0.3, 0.4) is 0 Å². The van der Waals surface area contributed by atoms with Gasteiger partial charge in [0.05, 0.1) is 18.0 Å². The zero-order chi connectivity index (χ0) is 25.7. The first kappa shape index (κ1) is 23.4. The highest BCUT2D eigenvalue weighted by molar-refractivity contribution is 5.59. The van der Waals surface area contributed by atoms with Crippen molar-refractivity contribution in [2.24, 2.45) is 0 Å². The zero-order valence-corrected chi connectivity index (χ0v) is 19.7. The Kier molecular flexibility index (Phi) is 5.81. The SMILES string of the molecule is Nc1ncc(-c2ncc(N3CCC(c4ncc(C(F)F)[nH]4)CC3)n2C2Cc3cc(F)c(F)cc3C2)cn1. The second kappa shape index (κ2) is 9.16. The van der Waals surface area contributed by atoms with Gasteiger partial charge in [-0.1, -0.05) is 0 Å². The summed E-state index contributed by atoms with van der Waals surface area (Å²) in [5.41, 5.74) is 7.73. The van der Waals surface area contributed by atoms with E-state index < -0.39 is 18.1 Å². The van der Waals surface area contributed by atoms with Gasteiger partial charge >= 0.3 is 0 Å². The molecule has 0 unspecified atom stereocenters. The van der Waals surface area contributed by atoms with Gasteiger partial charge < -0.3 is 20.2 Å². The molecule has 1 saturated heterocycles. The van der Waals surface area contributed by atoms with E-state index in [1.807, 2.05) is 0 Å². The number of aromatic amines is 1. The lowest BCUT2D eigenvalue weighted by molar-refractivity contribution is 0.146. The van der Waals surface area contributed by atoms with E-state index in [9.17, 15) is 17.6 Å². The van der Waals surface area contributed by atoms with Gasteiger partial charge in [-0.25, -0.2) is 37.5 Å². The standard InChI is InChI=1S/C25H24F4N8/c26-18-7-14-5-17(6-15(14)8-19(18)27)37-21(12-32-24(37)16-9-33-25(30)34-10-16)36-3-1-13(2-4-36)23-31-11-20(35-23)22(28)29/h7-13,17,22H,1-6H2,(H,31,35)(H2,30,33,34). The fraction of sp³-hybridized carbons (Fsp3) is 0.360. The van der Waals surface area contributed by atoms with Gasteiger partial charge in [-0.3, -0.25) is 0 Å². The lowest BCUT2D eigenvalue weighted by Crippen LogP contribution is -2.35. The normalized spacial score (nSPS) is 16.6. The number of benzene rings is 1. The van der Waals surface area contributed by atoms with Crippen LogP contribution in [0, 0.1) is 11.6 Å². The van der Waals surface area contributed by atoms with Gasteiger partial charge in [0.2, 0.25) is 5.95 Å². The molecule has 1 aliphatic carbocycles.